The first kappa shape index (κ1) is 17.5. The monoisotopic (exact) mass is 390 g/mol. The van der Waals surface area contributed by atoms with Crippen LogP contribution in [0.25, 0.3) is 32.8 Å². The fourth-order valence-electron chi connectivity index (χ4n) is 4.57. The molecule has 5 heteroatoms. The van der Waals surface area contributed by atoms with E-state index in [2.05, 4.69) is 29.2 Å². The number of phenolic OH excluding ortho intramolecular Hbond substituents is 1. The van der Waals surface area contributed by atoms with Gasteiger partial charge in [-0.05, 0) is 47.9 Å². The fourth-order valence-corrected chi connectivity index (χ4v) is 5.39. The molecular weight excluding hydrogens is 368 g/mol. The van der Waals surface area contributed by atoms with Crippen molar-refractivity contribution in [1.29, 1.82) is 0 Å². The molecule has 5 rings (SSSR count). The van der Waals surface area contributed by atoms with E-state index in [1.165, 1.54) is 23.3 Å². The van der Waals surface area contributed by atoms with Crippen molar-refractivity contribution in [2.45, 2.75) is 31.6 Å². The Labute approximate surface area is 166 Å². The zero-order chi connectivity index (χ0) is 19.5. The predicted molar refractivity (Wildman–Crippen MR) is 116 cm³/mol. The second kappa shape index (κ2) is 6.19. The number of hydrogen-bond acceptors (Lipinski definition) is 4. The van der Waals surface area contributed by atoms with Crippen LogP contribution in [0.1, 0.15) is 30.4 Å². The molecule has 0 unspecified atom stereocenters. The van der Waals surface area contributed by atoms with Gasteiger partial charge in [-0.3, -0.25) is 4.79 Å². The molecular formula is C23H22N2O2S. The average Bonchev–Trinajstić information content (AvgIpc) is 3.14. The van der Waals surface area contributed by atoms with Gasteiger partial charge in [-0.25, -0.2) is 0 Å². The van der Waals surface area contributed by atoms with Gasteiger partial charge in [0.05, 0.1) is 10.9 Å². The number of aryl methyl sites for hydroxylation is 1. The van der Waals surface area contributed by atoms with Gasteiger partial charge in [0.15, 0.2) is 0 Å². The lowest BCUT2D eigenvalue weighted by atomic mass is 9.64. The molecule has 0 radical (unpaired) electrons. The van der Waals surface area contributed by atoms with Crippen LogP contribution in [0.5, 0.6) is 5.75 Å². The number of aromatic nitrogens is 1. The molecule has 1 aliphatic rings. The van der Waals surface area contributed by atoms with Crippen LogP contribution in [0, 0.1) is 6.92 Å². The third-order valence-corrected chi connectivity index (χ3v) is 7.15. The molecule has 0 saturated heterocycles. The van der Waals surface area contributed by atoms with Crippen LogP contribution in [0.4, 0.5) is 0 Å². The Morgan fingerprint density at radius 1 is 1.18 bits per heavy atom. The van der Waals surface area contributed by atoms with Gasteiger partial charge in [-0.2, -0.15) is 11.3 Å². The molecule has 1 fully saturated rings. The van der Waals surface area contributed by atoms with E-state index in [1.54, 1.807) is 6.07 Å². The third kappa shape index (κ3) is 2.36. The molecule has 28 heavy (non-hydrogen) atoms. The Morgan fingerprint density at radius 3 is 2.54 bits per heavy atom. The largest absolute Gasteiger partial charge is 0.507 e. The molecule has 2 aromatic carbocycles. The van der Waals surface area contributed by atoms with Gasteiger partial charge in [0.1, 0.15) is 5.75 Å². The topological polar surface area (TPSA) is 79.1 Å². The average molecular weight is 391 g/mol. The van der Waals surface area contributed by atoms with Crippen molar-refractivity contribution < 1.29 is 5.11 Å². The molecule has 4 nitrogen and oxygen atoms in total. The summed E-state index contributed by atoms with van der Waals surface area (Å²) < 4.78 is 0. The van der Waals surface area contributed by atoms with Gasteiger partial charge >= 0.3 is 0 Å². The van der Waals surface area contributed by atoms with Crippen molar-refractivity contribution in [2.75, 3.05) is 6.54 Å². The maximum absolute atomic E-state index is 12.4. The van der Waals surface area contributed by atoms with Gasteiger partial charge in [0, 0.05) is 33.7 Å². The van der Waals surface area contributed by atoms with Crippen LogP contribution in [0.2, 0.25) is 0 Å². The molecule has 0 amide bonds. The number of nitrogens with two attached hydrogens (primary N) is 1. The highest BCUT2D eigenvalue weighted by atomic mass is 32.1. The summed E-state index contributed by atoms with van der Waals surface area (Å²) in [4.78, 5) is 15.5. The number of aromatic amines is 1. The Bertz CT molecular complexity index is 1260. The van der Waals surface area contributed by atoms with E-state index in [9.17, 15) is 9.90 Å². The van der Waals surface area contributed by atoms with Crippen LogP contribution >= 0.6 is 11.3 Å². The Morgan fingerprint density at radius 2 is 1.89 bits per heavy atom. The van der Waals surface area contributed by atoms with Crippen LogP contribution in [-0.2, 0) is 5.41 Å². The number of fused-ring (bicyclic) bond motifs is 3. The van der Waals surface area contributed by atoms with Crippen molar-refractivity contribution in [3.63, 3.8) is 0 Å². The van der Waals surface area contributed by atoms with Crippen molar-refractivity contribution in [2.24, 2.45) is 5.73 Å². The minimum Gasteiger partial charge on any atom is -0.507 e. The highest BCUT2D eigenvalue weighted by Crippen LogP contribution is 2.45. The Balaban J connectivity index is 1.77. The third-order valence-electron chi connectivity index (χ3n) is 6.41. The normalized spacial score (nSPS) is 15.8. The summed E-state index contributed by atoms with van der Waals surface area (Å²) in [6, 6.07) is 10.1. The standard InChI is InChI=1S/C23H22N2O2S/c1-13-9-18(26)19(20-16-10-28-11-17(16)22(27)25-21(13)20)14-3-5-15(6-4-14)23(12-24)7-2-8-23/h3-6,9-11,26H,2,7-8,12,24H2,1H3,(H,25,27). The lowest BCUT2D eigenvalue weighted by molar-refractivity contribution is 0.253. The van der Waals surface area contributed by atoms with Gasteiger partial charge in [-0.15, -0.1) is 0 Å². The summed E-state index contributed by atoms with van der Waals surface area (Å²) in [5.41, 5.74) is 10.7. The van der Waals surface area contributed by atoms with Gasteiger partial charge in [-0.1, -0.05) is 30.7 Å². The highest BCUT2D eigenvalue weighted by molar-refractivity contribution is 7.09. The summed E-state index contributed by atoms with van der Waals surface area (Å²) in [7, 11) is 0. The molecule has 0 bridgehead atoms. The van der Waals surface area contributed by atoms with E-state index in [1.807, 2.05) is 17.7 Å². The molecule has 1 saturated carbocycles. The summed E-state index contributed by atoms with van der Waals surface area (Å²) in [6.07, 6.45) is 3.50. The van der Waals surface area contributed by atoms with E-state index in [4.69, 9.17) is 5.73 Å². The summed E-state index contributed by atoms with van der Waals surface area (Å²) in [6.45, 7) is 2.58. The number of phenols is 1. The first-order valence-electron chi connectivity index (χ1n) is 9.59. The van der Waals surface area contributed by atoms with Crippen LogP contribution < -0.4 is 11.3 Å². The number of aromatic hydroxyl groups is 1. The van der Waals surface area contributed by atoms with Crippen LogP contribution in [0.3, 0.4) is 0 Å². The molecule has 2 heterocycles. The Hall–Kier alpha value is -2.63. The minimum atomic E-state index is -0.0892. The van der Waals surface area contributed by atoms with E-state index < -0.39 is 0 Å². The Kier molecular flexibility index (Phi) is 3.86. The summed E-state index contributed by atoms with van der Waals surface area (Å²) in [5.74, 6) is 0.231. The highest BCUT2D eigenvalue weighted by Gasteiger charge is 2.37. The predicted octanol–water partition coefficient (Wildman–Crippen LogP) is 4.80. The van der Waals surface area contributed by atoms with E-state index >= 15 is 0 Å². The van der Waals surface area contributed by atoms with Crippen molar-refractivity contribution in [3.8, 4) is 16.9 Å². The number of H-pyrrole nitrogens is 1. The van der Waals surface area contributed by atoms with Crippen LogP contribution in [-0.4, -0.2) is 16.6 Å². The number of hydrogen-bond donors (Lipinski definition) is 3. The molecule has 4 N–H and O–H groups in total. The maximum atomic E-state index is 12.4. The number of pyridine rings is 1. The minimum absolute atomic E-state index is 0.0892. The lowest BCUT2D eigenvalue weighted by Gasteiger charge is -2.41. The van der Waals surface area contributed by atoms with Gasteiger partial charge in [0.2, 0.25) is 0 Å². The van der Waals surface area contributed by atoms with Gasteiger partial charge < -0.3 is 15.8 Å². The van der Waals surface area contributed by atoms with E-state index in [0.29, 0.717) is 11.9 Å². The van der Waals surface area contributed by atoms with E-state index in [-0.39, 0.29) is 16.7 Å². The summed E-state index contributed by atoms with van der Waals surface area (Å²) in [5, 5.41) is 17.1. The molecule has 0 aliphatic heterocycles. The number of benzene rings is 2. The molecule has 0 atom stereocenters. The smallest absolute Gasteiger partial charge is 0.257 e. The summed E-state index contributed by atoms with van der Waals surface area (Å²) >= 11 is 1.50. The first-order chi connectivity index (χ1) is 13.5. The van der Waals surface area contributed by atoms with Crippen molar-refractivity contribution >= 4 is 33.0 Å². The molecule has 0 spiro atoms. The number of nitrogens with one attached hydrogen (secondary N) is 1. The van der Waals surface area contributed by atoms with Crippen molar-refractivity contribution in [1.82, 2.24) is 4.98 Å². The molecule has 1 aliphatic carbocycles. The van der Waals surface area contributed by atoms with Crippen LogP contribution in [0.15, 0.2) is 45.9 Å². The maximum Gasteiger partial charge on any atom is 0.257 e. The lowest BCUT2D eigenvalue weighted by Crippen LogP contribution is -2.41. The zero-order valence-corrected chi connectivity index (χ0v) is 16.5. The molecule has 142 valence electrons. The number of thiophene rings is 1. The molecule has 4 aromatic rings. The zero-order valence-electron chi connectivity index (χ0n) is 15.7. The quantitative estimate of drug-likeness (QED) is 0.470. The number of rotatable bonds is 3. The van der Waals surface area contributed by atoms with Gasteiger partial charge in [0.25, 0.3) is 5.56 Å². The second-order valence-corrected chi connectivity index (χ2v) is 8.65. The van der Waals surface area contributed by atoms with E-state index in [0.717, 1.165) is 45.8 Å². The SMILES string of the molecule is Cc1cc(O)c(-c2ccc(C3(CN)CCC3)cc2)c2c1[nH]c(=O)c1cscc12. The fraction of sp³-hybridized carbons (Fsp3) is 0.261. The first-order valence-corrected chi connectivity index (χ1v) is 10.5. The molecule has 2 aromatic heterocycles. The van der Waals surface area contributed by atoms with Crippen molar-refractivity contribution in [3.05, 3.63) is 62.6 Å². The second-order valence-electron chi connectivity index (χ2n) is 7.91.